The maximum absolute atomic E-state index is 12.3. The first kappa shape index (κ1) is 15.3. The first-order chi connectivity index (χ1) is 11.3. The number of amides is 1. The highest BCUT2D eigenvalue weighted by atomic mass is 16.1. The summed E-state index contributed by atoms with van der Waals surface area (Å²) >= 11 is 0. The molecule has 1 amide bonds. The smallest absolute Gasteiger partial charge is 0.220 e. The molecule has 0 saturated carbocycles. The molecule has 1 unspecified atom stereocenters. The van der Waals surface area contributed by atoms with Crippen molar-refractivity contribution >= 4 is 16.8 Å². The fourth-order valence-electron chi connectivity index (χ4n) is 2.96. The van der Waals surface area contributed by atoms with Crippen molar-refractivity contribution in [2.45, 2.75) is 32.2 Å². The lowest BCUT2D eigenvalue weighted by molar-refractivity contribution is -0.121. The molecule has 2 N–H and O–H groups in total. The number of aromatic nitrogens is 1. The third-order valence-electron chi connectivity index (χ3n) is 4.24. The number of aryl methyl sites for hydroxylation is 1. The van der Waals surface area contributed by atoms with Gasteiger partial charge < -0.3 is 10.3 Å². The molecule has 2 aromatic carbocycles. The van der Waals surface area contributed by atoms with Crippen LogP contribution < -0.4 is 5.32 Å². The lowest BCUT2D eigenvalue weighted by atomic mass is 10.0. The van der Waals surface area contributed by atoms with Crippen LogP contribution in [0, 0.1) is 0 Å². The summed E-state index contributed by atoms with van der Waals surface area (Å²) in [4.78, 5) is 15.6. The molecule has 1 heterocycles. The summed E-state index contributed by atoms with van der Waals surface area (Å²) in [5.41, 5.74) is 3.48. The second-order valence-corrected chi connectivity index (χ2v) is 5.80. The normalized spacial score (nSPS) is 12.2. The van der Waals surface area contributed by atoms with Crippen molar-refractivity contribution < 1.29 is 4.79 Å². The van der Waals surface area contributed by atoms with E-state index >= 15 is 0 Å². The Morgan fingerprint density at radius 2 is 1.83 bits per heavy atom. The van der Waals surface area contributed by atoms with Crippen LogP contribution in [-0.2, 0) is 11.2 Å². The van der Waals surface area contributed by atoms with E-state index in [1.807, 2.05) is 36.5 Å². The molecule has 0 aliphatic carbocycles. The summed E-state index contributed by atoms with van der Waals surface area (Å²) in [6.07, 6.45) is 4.15. The number of benzene rings is 2. The van der Waals surface area contributed by atoms with Gasteiger partial charge in [0.25, 0.3) is 0 Å². The minimum Gasteiger partial charge on any atom is -0.361 e. The molecule has 3 rings (SSSR count). The van der Waals surface area contributed by atoms with E-state index in [4.69, 9.17) is 0 Å². The van der Waals surface area contributed by atoms with Crippen molar-refractivity contribution in [3.8, 4) is 0 Å². The Balaban J connectivity index is 1.61. The molecule has 3 heteroatoms. The number of rotatable bonds is 6. The lowest BCUT2D eigenvalue weighted by Crippen LogP contribution is -2.28. The number of nitrogens with one attached hydrogen (secondary N) is 2. The Hall–Kier alpha value is -2.55. The van der Waals surface area contributed by atoms with Gasteiger partial charge in [0.1, 0.15) is 0 Å². The van der Waals surface area contributed by atoms with Crippen LogP contribution in [0.5, 0.6) is 0 Å². The Bertz CT molecular complexity index is 776. The number of fused-ring (bicyclic) bond motifs is 1. The van der Waals surface area contributed by atoms with E-state index in [0.717, 1.165) is 23.9 Å². The maximum Gasteiger partial charge on any atom is 0.220 e. The van der Waals surface area contributed by atoms with E-state index in [0.29, 0.717) is 6.42 Å². The van der Waals surface area contributed by atoms with Crippen molar-refractivity contribution in [1.29, 1.82) is 0 Å². The first-order valence-electron chi connectivity index (χ1n) is 8.17. The number of carbonyl (C=O) groups is 1. The van der Waals surface area contributed by atoms with Crippen LogP contribution in [0.15, 0.2) is 60.8 Å². The van der Waals surface area contributed by atoms with Gasteiger partial charge in [-0.1, -0.05) is 55.5 Å². The van der Waals surface area contributed by atoms with Crippen molar-refractivity contribution in [3.05, 3.63) is 71.9 Å². The van der Waals surface area contributed by atoms with Gasteiger partial charge in [0.2, 0.25) is 5.91 Å². The third kappa shape index (κ3) is 3.62. The summed E-state index contributed by atoms with van der Waals surface area (Å²) in [6.45, 7) is 2.09. The molecule has 0 radical (unpaired) electrons. The monoisotopic (exact) mass is 306 g/mol. The van der Waals surface area contributed by atoms with Gasteiger partial charge in [-0.25, -0.2) is 0 Å². The summed E-state index contributed by atoms with van der Waals surface area (Å²) in [6, 6.07) is 18.4. The van der Waals surface area contributed by atoms with Crippen LogP contribution in [0.3, 0.4) is 0 Å². The van der Waals surface area contributed by atoms with Crippen molar-refractivity contribution in [3.63, 3.8) is 0 Å². The van der Waals surface area contributed by atoms with Crippen LogP contribution in [0.25, 0.3) is 10.9 Å². The molecule has 0 aliphatic rings. The SMILES string of the molecule is CCC(NC(=O)CCc1c[nH]c2ccccc12)c1ccccc1. The van der Waals surface area contributed by atoms with Gasteiger partial charge in [-0.15, -0.1) is 0 Å². The van der Waals surface area contributed by atoms with Gasteiger partial charge in [0.05, 0.1) is 6.04 Å². The lowest BCUT2D eigenvalue weighted by Gasteiger charge is -2.17. The number of carbonyl (C=O) groups excluding carboxylic acids is 1. The number of hydrogen-bond acceptors (Lipinski definition) is 1. The average Bonchev–Trinajstić information content (AvgIpc) is 3.02. The molecular weight excluding hydrogens is 284 g/mol. The van der Waals surface area contributed by atoms with Gasteiger partial charge in [-0.3, -0.25) is 4.79 Å². The van der Waals surface area contributed by atoms with E-state index in [1.54, 1.807) is 0 Å². The van der Waals surface area contributed by atoms with E-state index < -0.39 is 0 Å². The van der Waals surface area contributed by atoms with Gasteiger partial charge in [-0.05, 0) is 30.0 Å². The zero-order valence-electron chi connectivity index (χ0n) is 13.4. The number of aromatic amines is 1. The largest absolute Gasteiger partial charge is 0.361 e. The van der Waals surface area contributed by atoms with Gasteiger partial charge in [-0.2, -0.15) is 0 Å². The Morgan fingerprint density at radius 1 is 1.09 bits per heavy atom. The molecule has 23 heavy (non-hydrogen) atoms. The van der Waals surface area contributed by atoms with Crippen molar-refractivity contribution in [2.24, 2.45) is 0 Å². The Kier molecular flexibility index (Phi) is 4.77. The van der Waals surface area contributed by atoms with Crippen LogP contribution in [0.4, 0.5) is 0 Å². The zero-order chi connectivity index (χ0) is 16.1. The highest BCUT2D eigenvalue weighted by molar-refractivity contribution is 5.84. The Morgan fingerprint density at radius 3 is 2.61 bits per heavy atom. The van der Waals surface area contributed by atoms with E-state index in [-0.39, 0.29) is 11.9 Å². The molecule has 1 aromatic heterocycles. The molecule has 0 bridgehead atoms. The van der Waals surface area contributed by atoms with Crippen molar-refractivity contribution in [2.75, 3.05) is 0 Å². The summed E-state index contributed by atoms with van der Waals surface area (Å²) in [7, 11) is 0. The summed E-state index contributed by atoms with van der Waals surface area (Å²) < 4.78 is 0. The molecule has 0 fully saturated rings. The average molecular weight is 306 g/mol. The highest BCUT2D eigenvalue weighted by Gasteiger charge is 2.13. The topological polar surface area (TPSA) is 44.9 Å². The second kappa shape index (κ2) is 7.14. The summed E-state index contributed by atoms with van der Waals surface area (Å²) in [5, 5.41) is 4.35. The predicted molar refractivity (Wildman–Crippen MR) is 94.2 cm³/mol. The van der Waals surface area contributed by atoms with Crippen LogP contribution in [0.1, 0.15) is 36.9 Å². The number of H-pyrrole nitrogens is 1. The molecule has 1 atom stereocenters. The molecule has 3 aromatic rings. The number of hydrogen-bond donors (Lipinski definition) is 2. The Labute approximate surface area is 136 Å². The highest BCUT2D eigenvalue weighted by Crippen LogP contribution is 2.20. The molecule has 0 aliphatic heterocycles. The van der Waals surface area contributed by atoms with E-state index in [1.165, 1.54) is 10.9 Å². The minimum absolute atomic E-state index is 0.0895. The van der Waals surface area contributed by atoms with Gasteiger partial charge in [0.15, 0.2) is 0 Å². The van der Waals surface area contributed by atoms with Gasteiger partial charge in [0, 0.05) is 23.5 Å². The predicted octanol–water partition coefficient (Wildman–Crippen LogP) is 4.37. The number of para-hydroxylation sites is 1. The minimum atomic E-state index is 0.0895. The second-order valence-electron chi connectivity index (χ2n) is 5.80. The fraction of sp³-hybridized carbons (Fsp3) is 0.250. The standard InChI is InChI=1S/C20H22N2O/c1-2-18(15-8-4-3-5-9-15)22-20(23)13-12-16-14-21-19-11-7-6-10-17(16)19/h3-11,14,18,21H,2,12-13H2,1H3,(H,22,23). The van der Waals surface area contributed by atoms with Crippen molar-refractivity contribution in [1.82, 2.24) is 10.3 Å². The van der Waals surface area contributed by atoms with E-state index in [9.17, 15) is 4.79 Å². The van der Waals surface area contributed by atoms with Crippen LogP contribution in [-0.4, -0.2) is 10.9 Å². The third-order valence-corrected chi connectivity index (χ3v) is 4.24. The fourth-order valence-corrected chi connectivity index (χ4v) is 2.96. The summed E-state index contributed by atoms with van der Waals surface area (Å²) in [5.74, 6) is 0.103. The van der Waals surface area contributed by atoms with Gasteiger partial charge >= 0.3 is 0 Å². The van der Waals surface area contributed by atoms with Crippen LogP contribution >= 0.6 is 0 Å². The molecular formula is C20H22N2O. The first-order valence-corrected chi connectivity index (χ1v) is 8.17. The van der Waals surface area contributed by atoms with Crippen LogP contribution in [0.2, 0.25) is 0 Å². The molecule has 0 saturated heterocycles. The zero-order valence-corrected chi connectivity index (χ0v) is 13.4. The molecule has 3 nitrogen and oxygen atoms in total. The quantitative estimate of drug-likeness (QED) is 0.698. The maximum atomic E-state index is 12.3. The molecule has 0 spiro atoms. The van der Waals surface area contributed by atoms with E-state index in [2.05, 4.69) is 41.5 Å². The molecule has 118 valence electrons.